The van der Waals surface area contributed by atoms with Crippen molar-refractivity contribution in [2.75, 3.05) is 11.9 Å². The largest absolute Gasteiger partial charge is 0.482 e. The maximum Gasteiger partial charge on any atom is 0.316 e. The molecule has 7 nitrogen and oxygen atoms in total. The van der Waals surface area contributed by atoms with Gasteiger partial charge < -0.3 is 21.1 Å². The lowest BCUT2D eigenvalue weighted by Crippen LogP contribution is -2.50. The lowest BCUT2D eigenvalue weighted by atomic mass is 9.96. The number of anilines is 1. The van der Waals surface area contributed by atoms with Crippen LogP contribution in [0.3, 0.4) is 0 Å². The van der Waals surface area contributed by atoms with Gasteiger partial charge in [-0.3, -0.25) is 9.69 Å². The maximum atomic E-state index is 12.5. The van der Waals surface area contributed by atoms with E-state index in [4.69, 9.17) is 33.7 Å². The highest BCUT2D eigenvalue weighted by molar-refractivity contribution is 6.31. The number of ether oxygens (including phenoxy) is 1. The van der Waals surface area contributed by atoms with E-state index in [0.717, 1.165) is 37.3 Å². The lowest BCUT2D eigenvalue weighted by Gasteiger charge is -2.39. The van der Waals surface area contributed by atoms with E-state index in [9.17, 15) is 9.59 Å². The summed E-state index contributed by atoms with van der Waals surface area (Å²) in [5, 5.41) is 6.73. The topological polar surface area (TPSA) is 96.7 Å². The number of hydrogen-bond acceptors (Lipinski definition) is 4. The van der Waals surface area contributed by atoms with E-state index in [2.05, 4.69) is 27.7 Å². The van der Waals surface area contributed by atoms with Crippen molar-refractivity contribution in [2.45, 2.75) is 50.4 Å². The summed E-state index contributed by atoms with van der Waals surface area (Å²) < 4.78 is 5.61. The number of piperidine rings is 1. The Hall–Kier alpha value is -2.48. The summed E-state index contributed by atoms with van der Waals surface area (Å²) in [6, 6.07) is 13.0. The Morgan fingerprint density at radius 1 is 1.03 bits per heavy atom. The predicted molar refractivity (Wildman–Crippen MR) is 125 cm³/mol. The number of carbonyl (C=O) groups is 2. The van der Waals surface area contributed by atoms with Crippen molar-refractivity contribution < 1.29 is 14.3 Å². The molecule has 2 aliphatic rings. The van der Waals surface area contributed by atoms with E-state index < -0.39 is 6.03 Å². The van der Waals surface area contributed by atoms with E-state index in [1.807, 2.05) is 12.1 Å². The first-order valence-corrected chi connectivity index (χ1v) is 11.4. The molecule has 2 heterocycles. The van der Waals surface area contributed by atoms with Gasteiger partial charge in [0, 0.05) is 34.7 Å². The van der Waals surface area contributed by atoms with Gasteiger partial charge in [0.1, 0.15) is 5.75 Å². The Morgan fingerprint density at radius 3 is 2.34 bits per heavy atom. The number of rotatable bonds is 7. The molecule has 2 aromatic rings. The Balaban J connectivity index is 1.29. The monoisotopic (exact) mass is 476 g/mol. The van der Waals surface area contributed by atoms with E-state index >= 15 is 0 Å². The highest BCUT2D eigenvalue weighted by atomic mass is 35.5. The van der Waals surface area contributed by atoms with Gasteiger partial charge >= 0.3 is 6.03 Å². The normalized spacial score (nSPS) is 22.4. The molecule has 0 spiro atoms. The molecule has 2 saturated heterocycles. The van der Waals surface area contributed by atoms with Crippen molar-refractivity contribution in [1.29, 1.82) is 0 Å². The zero-order valence-corrected chi connectivity index (χ0v) is 19.0. The molecule has 0 aliphatic carbocycles. The van der Waals surface area contributed by atoms with Crippen LogP contribution in [-0.2, 0) is 11.3 Å². The number of hydrogen-bond donors (Lipinski definition) is 3. The minimum absolute atomic E-state index is 0.124. The van der Waals surface area contributed by atoms with Crippen LogP contribution in [0.15, 0.2) is 42.5 Å². The first kappa shape index (κ1) is 22.7. The van der Waals surface area contributed by atoms with Crippen LogP contribution in [0.25, 0.3) is 0 Å². The fraction of sp³-hybridized carbons (Fsp3) is 0.391. The molecule has 0 aromatic heterocycles. The van der Waals surface area contributed by atoms with Gasteiger partial charge in [0.2, 0.25) is 0 Å². The molecule has 0 saturated carbocycles. The van der Waals surface area contributed by atoms with Crippen LogP contribution < -0.4 is 21.1 Å². The molecule has 2 fully saturated rings. The zero-order valence-electron chi connectivity index (χ0n) is 17.5. The maximum absolute atomic E-state index is 12.5. The van der Waals surface area contributed by atoms with Crippen LogP contribution in [-0.4, -0.2) is 41.6 Å². The lowest BCUT2D eigenvalue weighted by molar-refractivity contribution is -0.124. The third kappa shape index (κ3) is 5.65. The molecule has 2 aliphatic heterocycles. The molecule has 2 aromatic carbocycles. The van der Waals surface area contributed by atoms with E-state index in [1.165, 1.54) is 11.6 Å². The number of nitrogens with one attached hydrogen (secondary N) is 2. The van der Waals surface area contributed by atoms with Crippen molar-refractivity contribution in [3.8, 4) is 5.75 Å². The van der Waals surface area contributed by atoms with Crippen LogP contribution in [0.2, 0.25) is 10.0 Å². The van der Waals surface area contributed by atoms with Crippen LogP contribution in [0, 0.1) is 0 Å². The third-order valence-electron chi connectivity index (χ3n) is 6.09. The van der Waals surface area contributed by atoms with Crippen LogP contribution in [0.4, 0.5) is 10.5 Å². The number of carbonyl (C=O) groups excluding carboxylic acids is 2. The average Bonchev–Trinajstić information content (AvgIpc) is 2.96. The number of nitrogens with two attached hydrogens (primary N) is 1. The molecule has 0 radical (unpaired) electrons. The number of urea groups is 1. The Kier molecular flexibility index (Phi) is 7.08. The second-order valence-electron chi connectivity index (χ2n) is 8.34. The minimum Gasteiger partial charge on any atom is -0.482 e. The molecule has 2 bridgehead atoms. The summed E-state index contributed by atoms with van der Waals surface area (Å²) >= 11 is 12.0. The summed E-state index contributed by atoms with van der Waals surface area (Å²) in [6.07, 6.45) is 4.14. The van der Waals surface area contributed by atoms with Gasteiger partial charge in [-0.25, -0.2) is 4.79 Å². The molecular formula is C23H26Cl2N4O3. The van der Waals surface area contributed by atoms with Crippen molar-refractivity contribution in [1.82, 2.24) is 10.2 Å². The van der Waals surface area contributed by atoms with Crippen molar-refractivity contribution in [3.63, 3.8) is 0 Å². The second-order valence-corrected chi connectivity index (χ2v) is 9.21. The Labute approximate surface area is 197 Å². The second kappa shape index (κ2) is 9.98. The molecule has 3 atom stereocenters. The molecule has 32 heavy (non-hydrogen) atoms. The molecular weight excluding hydrogens is 451 g/mol. The molecule has 3 amide bonds. The van der Waals surface area contributed by atoms with Crippen molar-refractivity contribution >= 4 is 40.8 Å². The van der Waals surface area contributed by atoms with E-state index in [-0.39, 0.29) is 18.6 Å². The highest BCUT2D eigenvalue weighted by Gasteiger charge is 2.40. The average molecular weight is 477 g/mol. The number of nitrogens with zero attached hydrogens (tertiary/aromatic N) is 1. The standard InChI is InChI=1S/C23H26Cl2N4O3/c24-15-3-1-14(2-4-15)12-29-18-6-7-19(29)11-17(10-18)27-22(30)13-32-21-8-5-16(25)9-20(21)28-23(26)31/h1-5,8-9,17-19H,6-7,10-13H2,(H,27,30)(H3,26,28,31)/t17?,18-,19+. The number of primary amides is 1. The molecule has 4 N–H and O–H groups in total. The van der Waals surface area contributed by atoms with Crippen LogP contribution >= 0.6 is 23.2 Å². The number of amides is 3. The van der Waals surface area contributed by atoms with Gasteiger partial charge in [-0.15, -0.1) is 0 Å². The Morgan fingerprint density at radius 2 is 1.69 bits per heavy atom. The first-order valence-electron chi connectivity index (χ1n) is 10.7. The smallest absolute Gasteiger partial charge is 0.316 e. The van der Waals surface area contributed by atoms with Gasteiger partial charge in [-0.05, 0) is 61.6 Å². The molecule has 9 heteroatoms. The summed E-state index contributed by atoms with van der Waals surface area (Å²) in [5.74, 6) is 0.140. The van der Waals surface area contributed by atoms with E-state index in [0.29, 0.717) is 28.5 Å². The number of halogens is 2. The van der Waals surface area contributed by atoms with Gasteiger partial charge in [0.05, 0.1) is 5.69 Å². The predicted octanol–water partition coefficient (Wildman–Crippen LogP) is 4.17. The summed E-state index contributed by atoms with van der Waals surface area (Å²) in [6.45, 7) is 0.748. The van der Waals surface area contributed by atoms with Gasteiger partial charge in [0.25, 0.3) is 5.91 Å². The summed E-state index contributed by atoms with van der Waals surface area (Å²) in [7, 11) is 0. The zero-order chi connectivity index (χ0) is 22.7. The first-order chi connectivity index (χ1) is 15.4. The fourth-order valence-electron chi connectivity index (χ4n) is 4.72. The summed E-state index contributed by atoms with van der Waals surface area (Å²) in [4.78, 5) is 26.3. The molecule has 170 valence electrons. The third-order valence-corrected chi connectivity index (χ3v) is 6.57. The van der Waals surface area contributed by atoms with Gasteiger partial charge in [0.15, 0.2) is 6.61 Å². The SMILES string of the molecule is NC(=O)Nc1cc(Cl)ccc1OCC(=O)NC1C[C@H]2CC[C@@H](C1)N2Cc1ccc(Cl)cc1. The highest BCUT2D eigenvalue weighted by Crippen LogP contribution is 2.37. The van der Waals surface area contributed by atoms with Crippen LogP contribution in [0.1, 0.15) is 31.2 Å². The fourth-order valence-corrected chi connectivity index (χ4v) is 5.02. The van der Waals surface area contributed by atoms with Crippen molar-refractivity contribution in [3.05, 3.63) is 58.1 Å². The number of benzene rings is 2. The molecule has 4 rings (SSSR count). The Bertz CT molecular complexity index is 972. The van der Waals surface area contributed by atoms with Gasteiger partial charge in [-0.2, -0.15) is 0 Å². The van der Waals surface area contributed by atoms with Gasteiger partial charge in [-0.1, -0.05) is 35.3 Å². The van der Waals surface area contributed by atoms with E-state index in [1.54, 1.807) is 12.1 Å². The molecule has 1 unspecified atom stereocenters. The number of fused-ring (bicyclic) bond motifs is 2. The minimum atomic E-state index is -0.734. The van der Waals surface area contributed by atoms with Crippen LogP contribution in [0.5, 0.6) is 5.75 Å². The summed E-state index contributed by atoms with van der Waals surface area (Å²) in [5.41, 5.74) is 6.76. The van der Waals surface area contributed by atoms with Crippen molar-refractivity contribution in [2.24, 2.45) is 5.73 Å². The quantitative estimate of drug-likeness (QED) is 0.558.